The van der Waals surface area contributed by atoms with Crippen LogP contribution < -0.4 is 11.3 Å². The molecule has 0 aliphatic heterocycles. The van der Waals surface area contributed by atoms with Gasteiger partial charge >= 0.3 is 0 Å². The van der Waals surface area contributed by atoms with Crippen molar-refractivity contribution < 1.29 is 0 Å². The second kappa shape index (κ2) is 3.90. The minimum absolute atomic E-state index is 0.210. The molecule has 0 spiro atoms. The van der Waals surface area contributed by atoms with E-state index >= 15 is 0 Å². The van der Waals surface area contributed by atoms with Gasteiger partial charge in [0.05, 0.1) is 11.4 Å². The van der Waals surface area contributed by atoms with E-state index in [4.69, 9.17) is 5.73 Å². The fraction of sp³-hybridized carbons (Fsp3) is 0. The van der Waals surface area contributed by atoms with Crippen molar-refractivity contribution in [2.75, 3.05) is 5.73 Å². The fourth-order valence-corrected chi connectivity index (χ4v) is 1.91. The molecule has 0 radical (unpaired) electrons. The molecule has 0 bridgehead atoms. The molecule has 0 aliphatic carbocycles. The molecule has 0 atom stereocenters. The maximum absolute atomic E-state index is 11.4. The summed E-state index contributed by atoms with van der Waals surface area (Å²) < 4.78 is 0.783. The molecule has 3 nitrogen and oxygen atoms in total. The molecule has 0 amide bonds. The van der Waals surface area contributed by atoms with Crippen molar-refractivity contribution >= 4 is 21.6 Å². The molecule has 2 rings (SSSR count). The van der Waals surface area contributed by atoms with Crippen molar-refractivity contribution in [3.63, 3.8) is 0 Å². The van der Waals surface area contributed by atoms with Crippen LogP contribution in [0.5, 0.6) is 0 Å². The molecule has 2 aromatic rings. The van der Waals surface area contributed by atoms with Crippen LogP contribution in [0.2, 0.25) is 0 Å². The fourth-order valence-electron chi connectivity index (χ4n) is 1.33. The van der Waals surface area contributed by atoms with Crippen LogP contribution in [0.3, 0.4) is 0 Å². The van der Waals surface area contributed by atoms with Gasteiger partial charge in [0, 0.05) is 4.47 Å². The van der Waals surface area contributed by atoms with Crippen LogP contribution in [-0.4, -0.2) is 4.98 Å². The van der Waals surface area contributed by atoms with E-state index in [1.165, 1.54) is 0 Å². The normalized spacial score (nSPS) is 10.2. The molecule has 1 heterocycles. The average Bonchev–Trinajstić information content (AvgIpc) is 2.25. The smallest absolute Gasteiger partial charge is 0.271 e. The number of hydrogen-bond donors (Lipinski definition) is 2. The lowest BCUT2D eigenvalue weighted by Crippen LogP contribution is -2.12. The van der Waals surface area contributed by atoms with Gasteiger partial charge in [0.25, 0.3) is 5.56 Å². The number of rotatable bonds is 1. The van der Waals surface area contributed by atoms with E-state index in [0.29, 0.717) is 0 Å². The van der Waals surface area contributed by atoms with Crippen molar-refractivity contribution in [3.05, 3.63) is 51.2 Å². The Labute approximate surface area is 95.1 Å². The number of anilines is 1. The summed E-state index contributed by atoms with van der Waals surface area (Å²) in [4.78, 5) is 14.1. The third-order valence-corrected chi connectivity index (χ3v) is 2.71. The molecule has 0 unspecified atom stereocenters. The lowest BCUT2D eigenvalue weighted by molar-refractivity contribution is 1.23. The van der Waals surface area contributed by atoms with Crippen molar-refractivity contribution in [2.45, 2.75) is 0 Å². The molecule has 3 N–H and O–H groups in total. The predicted octanol–water partition coefficient (Wildman–Crippen LogP) is 2.39. The van der Waals surface area contributed by atoms with E-state index in [9.17, 15) is 4.79 Å². The van der Waals surface area contributed by atoms with Crippen LogP contribution in [-0.2, 0) is 0 Å². The van der Waals surface area contributed by atoms with Gasteiger partial charge in [0.2, 0.25) is 0 Å². The molecule has 0 aliphatic rings. The number of pyridine rings is 1. The van der Waals surface area contributed by atoms with Crippen molar-refractivity contribution in [3.8, 4) is 11.3 Å². The maximum atomic E-state index is 11.4. The van der Waals surface area contributed by atoms with Gasteiger partial charge in [-0.15, -0.1) is 0 Å². The summed E-state index contributed by atoms with van der Waals surface area (Å²) in [5, 5.41) is 0. The second-order valence-corrected chi connectivity index (χ2v) is 4.00. The molecule has 1 aromatic heterocycles. The van der Waals surface area contributed by atoms with Crippen LogP contribution in [0.1, 0.15) is 0 Å². The zero-order valence-corrected chi connectivity index (χ0v) is 9.41. The van der Waals surface area contributed by atoms with Crippen LogP contribution in [0.25, 0.3) is 11.3 Å². The van der Waals surface area contributed by atoms with Crippen LogP contribution >= 0.6 is 15.9 Å². The van der Waals surface area contributed by atoms with Gasteiger partial charge in [0.1, 0.15) is 0 Å². The number of H-pyrrole nitrogens is 1. The van der Waals surface area contributed by atoms with Gasteiger partial charge in [-0.25, -0.2) is 0 Å². The summed E-state index contributed by atoms with van der Waals surface area (Å²) in [5.41, 5.74) is 7.13. The number of aromatic amines is 1. The summed E-state index contributed by atoms with van der Waals surface area (Å²) >= 11 is 3.37. The Hall–Kier alpha value is -1.55. The van der Waals surface area contributed by atoms with E-state index in [-0.39, 0.29) is 11.2 Å². The van der Waals surface area contributed by atoms with Gasteiger partial charge in [-0.05, 0) is 27.6 Å². The van der Waals surface area contributed by atoms with Crippen LogP contribution in [0, 0.1) is 0 Å². The molecule has 0 fully saturated rings. The highest BCUT2D eigenvalue weighted by Crippen LogP contribution is 2.25. The predicted molar refractivity (Wildman–Crippen MR) is 64.6 cm³/mol. The zero-order chi connectivity index (χ0) is 10.8. The van der Waals surface area contributed by atoms with Crippen LogP contribution in [0.15, 0.2) is 45.7 Å². The molecule has 15 heavy (non-hydrogen) atoms. The highest BCUT2D eigenvalue weighted by atomic mass is 79.9. The number of nitrogens with two attached hydrogens (primary N) is 1. The Balaban J connectivity index is 2.64. The van der Waals surface area contributed by atoms with E-state index in [0.717, 1.165) is 15.7 Å². The number of nitrogen functional groups attached to an aromatic ring is 1. The SMILES string of the molecule is Nc1cc(Br)c(-c2ccccc2)[nH]c1=O. The van der Waals surface area contributed by atoms with E-state index < -0.39 is 0 Å². The third-order valence-electron chi connectivity index (χ3n) is 2.08. The maximum Gasteiger partial charge on any atom is 0.271 e. The van der Waals surface area contributed by atoms with Crippen molar-refractivity contribution in [2.24, 2.45) is 0 Å². The molecule has 76 valence electrons. The molecule has 4 heteroatoms. The molecular formula is C11H9BrN2O. The molecule has 1 aromatic carbocycles. The van der Waals surface area contributed by atoms with Gasteiger partial charge in [0.15, 0.2) is 0 Å². The lowest BCUT2D eigenvalue weighted by atomic mass is 10.1. The molecule has 0 saturated carbocycles. The molecular weight excluding hydrogens is 256 g/mol. The average molecular weight is 265 g/mol. The monoisotopic (exact) mass is 264 g/mol. The Kier molecular flexibility index (Phi) is 2.60. The van der Waals surface area contributed by atoms with Crippen LogP contribution in [0.4, 0.5) is 5.69 Å². The summed E-state index contributed by atoms with van der Waals surface area (Å²) in [6.45, 7) is 0. The van der Waals surface area contributed by atoms with Gasteiger partial charge < -0.3 is 10.7 Å². The third kappa shape index (κ3) is 1.94. The summed E-state index contributed by atoms with van der Waals surface area (Å²) in [7, 11) is 0. The largest absolute Gasteiger partial charge is 0.394 e. The second-order valence-electron chi connectivity index (χ2n) is 3.14. The zero-order valence-electron chi connectivity index (χ0n) is 7.83. The Bertz CT molecular complexity index is 534. The van der Waals surface area contributed by atoms with E-state index in [1.807, 2.05) is 30.3 Å². The first-order valence-electron chi connectivity index (χ1n) is 4.42. The number of nitrogens with one attached hydrogen (secondary N) is 1. The standard InChI is InChI=1S/C11H9BrN2O/c12-8-6-9(13)11(15)14-10(8)7-4-2-1-3-5-7/h1-6H,13H2,(H,14,15). The minimum atomic E-state index is -0.267. The van der Waals surface area contributed by atoms with Gasteiger partial charge in [-0.1, -0.05) is 30.3 Å². The van der Waals surface area contributed by atoms with E-state index in [1.54, 1.807) is 6.07 Å². The first-order valence-corrected chi connectivity index (χ1v) is 5.21. The summed E-state index contributed by atoms with van der Waals surface area (Å²) in [5.74, 6) is 0. The van der Waals surface area contributed by atoms with Gasteiger partial charge in [-0.2, -0.15) is 0 Å². The Morgan fingerprint density at radius 1 is 1.20 bits per heavy atom. The van der Waals surface area contributed by atoms with Crippen molar-refractivity contribution in [1.29, 1.82) is 0 Å². The highest BCUT2D eigenvalue weighted by molar-refractivity contribution is 9.10. The molecule has 0 saturated heterocycles. The van der Waals surface area contributed by atoms with Gasteiger partial charge in [-0.3, -0.25) is 4.79 Å². The number of halogens is 1. The van der Waals surface area contributed by atoms with Crippen molar-refractivity contribution in [1.82, 2.24) is 4.98 Å². The lowest BCUT2D eigenvalue weighted by Gasteiger charge is -2.04. The topological polar surface area (TPSA) is 58.9 Å². The quantitative estimate of drug-likeness (QED) is 0.831. The number of benzene rings is 1. The summed E-state index contributed by atoms with van der Waals surface area (Å²) in [6, 6.07) is 11.2. The number of aromatic nitrogens is 1. The van der Waals surface area contributed by atoms with E-state index in [2.05, 4.69) is 20.9 Å². The minimum Gasteiger partial charge on any atom is -0.394 e. The Morgan fingerprint density at radius 2 is 1.87 bits per heavy atom. The summed E-state index contributed by atoms with van der Waals surface area (Å²) in [6.07, 6.45) is 0. The first kappa shape index (κ1) is 9.98. The Morgan fingerprint density at radius 3 is 2.53 bits per heavy atom. The first-order chi connectivity index (χ1) is 7.18. The highest BCUT2D eigenvalue weighted by Gasteiger charge is 2.05. The number of hydrogen-bond acceptors (Lipinski definition) is 2.